The zero-order valence-electron chi connectivity index (χ0n) is 15.8. The van der Waals surface area contributed by atoms with Crippen molar-refractivity contribution in [1.29, 1.82) is 0 Å². The van der Waals surface area contributed by atoms with Crippen LogP contribution in [0.1, 0.15) is 28.0 Å². The van der Waals surface area contributed by atoms with E-state index in [2.05, 4.69) is 31.7 Å². The predicted molar refractivity (Wildman–Crippen MR) is 108 cm³/mol. The highest BCUT2D eigenvalue weighted by atomic mass is 16.5. The van der Waals surface area contributed by atoms with Gasteiger partial charge in [0.2, 0.25) is 5.88 Å². The molecule has 7 nitrogen and oxygen atoms in total. The molecule has 1 aliphatic carbocycles. The molecule has 0 aromatic carbocycles. The van der Waals surface area contributed by atoms with Crippen LogP contribution in [0.15, 0.2) is 42.9 Å². The minimum absolute atomic E-state index is 0.206. The molecular weight excluding hydrogens is 354 g/mol. The van der Waals surface area contributed by atoms with E-state index in [0.717, 1.165) is 36.2 Å². The van der Waals surface area contributed by atoms with E-state index >= 15 is 0 Å². The van der Waals surface area contributed by atoms with E-state index in [4.69, 9.17) is 4.74 Å². The smallest absolute Gasteiger partial charge is 0.258 e. The average Bonchev–Trinajstić information content (AvgIpc) is 3.05. The molecule has 4 rings (SSSR count). The van der Waals surface area contributed by atoms with Crippen molar-refractivity contribution >= 4 is 11.6 Å². The average molecular weight is 377 g/mol. The van der Waals surface area contributed by atoms with Crippen LogP contribution >= 0.6 is 0 Å². The fourth-order valence-corrected chi connectivity index (χ4v) is 3.47. The number of H-pyrrole nitrogens is 1. The summed E-state index contributed by atoms with van der Waals surface area (Å²) in [4.78, 5) is 25.2. The molecule has 0 bridgehead atoms. The Morgan fingerprint density at radius 3 is 2.96 bits per heavy atom. The van der Waals surface area contributed by atoms with Gasteiger partial charge in [-0.1, -0.05) is 6.07 Å². The van der Waals surface area contributed by atoms with Gasteiger partial charge in [0.1, 0.15) is 12.3 Å². The molecule has 0 fully saturated rings. The first kappa shape index (κ1) is 18.2. The number of amides is 1. The highest BCUT2D eigenvalue weighted by molar-refractivity contribution is 6.09. The number of hydrogen-bond acceptors (Lipinski definition) is 5. The van der Waals surface area contributed by atoms with Crippen molar-refractivity contribution in [3.63, 3.8) is 0 Å². The Morgan fingerprint density at radius 2 is 2.07 bits per heavy atom. The maximum atomic E-state index is 13.1. The Hall–Kier alpha value is -3.19. The van der Waals surface area contributed by atoms with Gasteiger partial charge in [-0.15, -0.1) is 0 Å². The third-order valence-corrected chi connectivity index (χ3v) is 4.82. The molecule has 0 radical (unpaired) electrons. The maximum absolute atomic E-state index is 13.1. The number of fused-ring (bicyclic) bond motifs is 3. The standard InChI is InChI=1S/C21H23N5O2/c1-22-11-12-28-21-17(8-4-10-24-21)26-20(27)15-13-25-16-7-2-5-14-6-3-9-23-19(14)18(15)16/h3-4,6,8-10,13,22,25H,2,5,7,11-12H2,1H3,(H,26,27). The number of pyridine rings is 2. The quantitative estimate of drug-likeness (QED) is 0.575. The SMILES string of the molecule is CNCCOc1ncccc1NC(=O)c1c[nH]c2c1-c1ncccc1CCC2. The van der Waals surface area contributed by atoms with Gasteiger partial charge in [0, 0.05) is 36.4 Å². The monoisotopic (exact) mass is 377 g/mol. The second kappa shape index (κ2) is 8.22. The molecule has 7 heteroatoms. The van der Waals surface area contributed by atoms with Crippen LogP contribution in [-0.2, 0) is 12.8 Å². The molecule has 0 atom stereocenters. The molecule has 0 unspecified atom stereocenters. The number of aromatic amines is 1. The summed E-state index contributed by atoms with van der Waals surface area (Å²) in [5, 5.41) is 5.97. The van der Waals surface area contributed by atoms with Gasteiger partial charge in [0.25, 0.3) is 5.91 Å². The number of aromatic nitrogens is 3. The van der Waals surface area contributed by atoms with Crippen molar-refractivity contribution in [2.45, 2.75) is 19.3 Å². The molecule has 3 aromatic heterocycles. The van der Waals surface area contributed by atoms with Crippen LogP contribution in [0.5, 0.6) is 5.88 Å². The van der Waals surface area contributed by atoms with E-state index in [1.165, 1.54) is 5.56 Å². The number of aryl methyl sites for hydroxylation is 2. The second-order valence-corrected chi connectivity index (χ2v) is 6.68. The summed E-state index contributed by atoms with van der Waals surface area (Å²) in [6.45, 7) is 1.16. The summed E-state index contributed by atoms with van der Waals surface area (Å²) in [5.74, 6) is 0.203. The van der Waals surface area contributed by atoms with E-state index < -0.39 is 0 Å². The topological polar surface area (TPSA) is 91.9 Å². The largest absolute Gasteiger partial charge is 0.475 e. The van der Waals surface area contributed by atoms with Gasteiger partial charge in [-0.25, -0.2) is 4.98 Å². The van der Waals surface area contributed by atoms with Crippen molar-refractivity contribution < 1.29 is 9.53 Å². The molecule has 3 N–H and O–H groups in total. The van der Waals surface area contributed by atoms with E-state index in [1.54, 1.807) is 30.7 Å². The Bertz CT molecular complexity index is 982. The maximum Gasteiger partial charge on any atom is 0.258 e. The van der Waals surface area contributed by atoms with Crippen molar-refractivity contribution in [2.75, 3.05) is 25.5 Å². The van der Waals surface area contributed by atoms with Gasteiger partial charge in [0.15, 0.2) is 0 Å². The van der Waals surface area contributed by atoms with Gasteiger partial charge < -0.3 is 20.4 Å². The zero-order chi connectivity index (χ0) is 19.3. The van der Waals surface area contributed by atoms with Crippen molar-refractivity contribution in [3.05, 3.63) is 59.7 Å². The summed E-state index contributed by atoms with van der Waals surface area (Å²) in [5.41, 5.74) is 5.15. The van der Waals surface area contributed by atoms with E-state index in [9.17, 15) is 4.79 Å². The molecule has 3 aromatic rings. The lowest BCUT2D eigenvalue weighted by atomic mass is 10.0. The Balaban J connectivity index is 1.63. The number of hydrogen-bond donors (Lipinski definition) is 3. The van der Waals surface area contributed by atoms with E-state index in [0.29, 0.717) is 30.3 Å². The molecular formula is C21H23N5O2. The van der Waals surface area contributed by atoms with Crippen LogP contribution in [0.3, 0.4) is 0 Å². The van der Waals surface area contributed by atoms with Crippen LogP contribution in [0.25, 0.3) is 11.3 Å². The molecule has 0 saturated carbocycles. The lowest BCUT2D eigenvalue weighted by Crippen LogP contribution is -2.18. The van der Waals surface area contributed by atoms with Gasteiger partial charge in [-0.05, 0) is 50.1 Å². The number of rotatable bonds is 6. The fraction of sp³-hybridized carbons (Fsp3) is 0.286. The highest BCUT2D eigenvalue weighted by Crippen LogP contribution is 2.34. The summed E-state index contributed by atoms with van der Waals surface area (Å²) >= 11 is 0. The van der Waals surface area contributed by atoms with Crippen molar-refractivity contribution in [1.82, 2.24) is 20.3 Å². The Labute approximate surface area is 163 Å². The van der Waals surface area contributed by atoms with E-state index in [-0.39, 0.29) is 5.91 Å². The molecule has 3 heterocycles. The second-order valence-electron chi connectivity index (χ2n) is 6.68. The van der Waals surface area contributed by atoms with Crippen LogP contribution < -0.4 is 15.4 Å². The first-order valence-corrected chi connectivity index (χ1v) is 9.46. The molecule has 0 spiro atoms. The molecule has 1 aliphatic rings. The van der Waals surface area contributed by atoms with Gasteiger partial charge in [-0.3, -0.25) is 9.78 Å². The predicted octanol–water partition coefficient (Wildman–Crippen LogP) is 2.81. The van der Waals surface area contributed by atoms with Crippen LogP contribution in [0, 0.1) is 0 Å². The number of ether oxygens (including phenoxy) is 1. The van der Waals surface area contributed by atoms with Crippen LogP contribution in [0.4, 0.5) is 5.69 Å². The fourth-order valence-electron chi connectivity index (χ4n) is 3.47. The lowest BCUT2D eigenvalue weighted by molar-refractivity contribution is 0.102. The normalized spacial score (nSPS) is 12.6. The molecule has 1 amide bonds. The Kier molecular flexibility index (Phi) is 5.34. The lowest BCUT2D eigenvalue weighted by Gasteiger charge is -2.12. The van der Waals surface area contributed by atoms with Crippen molar-refractivity contribution in [3.8, 4) is 17.1 Å². The third-order valence-electron chi connectivity index (χ3n) is 4.82. The summed E-state index contributed by atoms with van der Waals surface area (Å²) in [6, 6.07) is 7.59. The number of nitrogens with one attached hydrogen (secondary N) is 3. The Morgan fingerprint density at radius 1 is 1.21 bits per heavy atom. The van der Waals surface area contributed by atoms with Gasteiger partial charge >= 0.3 is 0 Å². The minimum Gasteiger partial charge on any atom is -0.475 e. The minimum atomic E-state index is -0.206. The summed E-state index contributed by atoms with van der Waals surface area (Å²) in [6.07, 6.45) is 8.06. The van der Waals surface area contributed by atoms with Gasteiger partial charge in [-0.2, -0.15) is 0 Å². The molecule has 0 saturated heterocycles. The molecule has 28 heavy (non-hydrogen) atoms. The van der Waals surface area contributed by atoms with Crippen LogP contribution in [0.2, 0.25) is 0 Å². The summed E-state index contributed by atoms with van der Waals surface area (Å²) < 4.78 is 5.68. The number of carbonyl (C=O) groups excluding carboxylic acids is 1. The number of likely N-dealkylation sites (N-methyl/N-ethyl adjacent to an activating group) is 1. The van der Waals surface area contributed by atoms with Crippen molar-refractivity contribution in [2.24, 2.45) is 0 Å². The third kappa shape index (κ3) is 3.61. The molecule has 0 aliphatic heterocycles. The van der Waals surface area contributed by atoms with E-state index in [1.807, 2.05) is 13.1 Å². The van der Waals surface area contributed by atoms with Gasteiger partial charge in [0.05, 0.1) is 11.3 Å². The first-order chi connectivity index (χ1) is 13.8. The molecule has 144 valence electrons. The number of carbonyl (C=O) groups is 1. The highest BCUT2D eigenvalue weighted by Gasteiger charge is 2.24. The number of nitrogens with zero attached hydrogens (tertiary/aromatic N) is 2. The van der Waals surface area contributed by atoms with Crippen LogP contribution in [-0.4, -0.2) is 41.1 Å². The summed E-state index contributed by atoms with van der Waals surface area (Å²) in [7, 11) is 1.86. The first-order valence-electron chi connectivity index (χ1n) is 9.46. The number of anilines is 1. The zero-order valence-corrected chi connectivity index (χ0v) is 15.8.